The SMILES string of the molecule is NC(=O)COCCNC(=O)CC1(N)CCCCC1. The second kappa shape index (κ2) is 7.33. The van der Waals surface area contributed by atoms with E-state index in [2.05, 4.69) is 5.32 Å². The number of amides is 2. The van der Waals surface area contributed by atoms with Crippen LogP contribution >= 0.6 is 0 Å². The molecule has 18 heavy (non-hydrogen) atoms. The van der Waals surface area contributed by atoms with Crippen molar-refractivity contribution >= 4 is 11.8 Å². The summed E-state index contributed by atoms with van der Waals surface area (Å²) in [6.45, 7) is 0.547. The van der Waals surface area contributed by atoms with E-state index in [4.69, 9.17) is 16.2 Å². The van der Waals surface area contributed by atoms with E-state index in [1.54, 1.807) is 0 Å². The molecule has 1 aliphatic rings. The molecule has 0 unspecified atom stereocenters. The van der Waals surface area contributed by atoms with Crippen LogP contribution < -0.4 is 16.8 Å². The van der Waals surface area contributed by atoms with Gasteiger partial charge in [-0.2, -0.15) is 0 Å². The molecule has 2 amide bonds. The van der Waals surface area contributed by atoms with Crippen LogP contribution in [0.1, 0.15) is 38.5 Å². The minimum atomic E-state index is -0.510. The summed E-state index contributed by atoms with van der Waals surface area (Å²) in [5.41, 5.74) is 10.7. The molecular formula is C12H23N3O3. The Morgan fingerprint density at radius 2 is 1.89 bits per heavy atom. The molecule has 0 aliphatic heterocycles. The molecule has 5 N–H and O–H groups in total. The largest absolute Gasteiger partial charge is 0.370 e. The van der Waals surface area contributed by atoms with Gasteiger partial charge < -0.3 is 21.5 Å². The van der Waals surface area contributed by atoms with Gasteiger partial charge in [-0.05, 0) is 12.8 Å². The van der Waals surface area contributed by atoms with Gasteiger partial charge in [-0.15, -0.1) is 0 Å². The van der Waals surface area contributed by atoms with Crippen molar-refractivity contribution in [2.75, 3.05) is 19.8 Å². The number of nitrogens with one attached hydrogen (secondary N) is 1. The molecule has 0 saturated heterocycles. The number of rotatable bonds is 7. The maximum atomic E-state index is 11.7. The highest BCUT2D eigenvalue weighted by molar-refractivity contribution is 5.77. The predicted molar refractivity (Wildman–Crippen MR) is 67.6 cm³/mol. The molecule has 0 heterocycles. The highest BCUT2D eigenvalue weighted by Gasteiger charge is 2.29. The number of hydrogen-bond donors (Lipinski definition) is 3. The van der Waals surface area contributed by atoms with Gasteiger partial charge in [-0.1, -0.05) is 19.3 Å². The number of nitrogens with two attached hydrogens (primary N) is 2. The smallest absolute Gasteiger partial charge is 0.243 e. The van der Waals surface area contributed by atoms with Gasteiger partial charge in [-0.3, -0.25) is 9.59 Å². The normalized spacial score (nSPS) is 18.3. The molecule has 0 aromatic carbocycles. The van der Waals surface area contributed by atoms with Crippen LogP contribution in [0.25, 0.3) is 0 Å². The molecule has 1 saturated carbocycles. The molecular weight excluding hydrogens is 234 g/mol. The lowest BCUT2D eigenvalue weighted by Gasteiger charge is -2.32. The highest BCUT2D eigenvalue weighted by atomic mass is 16.5. The average molecular weight is 257 g/mol. The van der Waals surface area contributed by atoms with Gasteiger partial charge in [0.2, 0.25) is 11.8 Å². The van der Waals surface area contributed by atoms with Crippen LogP contribution in [0.3, 0.4) is 0 Å². The Balaban J connectivity index is 2.11. The van der Waals surface area contributed by atoms with E-state index in [0.717, 1.165) is 25.7 Å². The Kier molecular flexibility index (Phi) is 6.07. The van der Waals surface area contributed by atoms with Gasteiger partial charge in [0.05, 0.1) is 6.61 Å². The second-order valence-electron chi connectivity index (χ2n) is 4.97. The van der Waals surface area contributed by atoms with Gasteiger partial charge >= 0.3 is 0 Å². The van der Waals surface area contributed by atoms with E-state index in [9.17, 15) is 9.59 Å². The fraction of sp³-hybridized carbons (Fsp3) is 0.833. The van der Waals surface area contributed by atoms with E-state index >= 15 is 0 Å². The molecule has 104 valence electrons. The summed E-state index contributed by atoms with van der Waals surface area (Å²) in [5.74, 6) is -0.563. The Bertz CT molecular complexity index is 288. The van der Waals surface area contributed by atoms with Crippen LogP contribution in [-0.2, 0) is 14.3 Å². The van der Waals surface area contributed by atoms with Crippen molar-refractivity contribution in [2.45, 2.75) is 44.1 Å². The molecule has 0 atom stereocenters. The summed E-state index contributed by atoms with van der Waals surface area (Å²) >= 11 is 0. The third kappa shape index (κ3) is 5.97. The zero-order valence-corrected chi connectivity index (χ0v) is 10.7. The second-order valence-corrected chi connectivity index (χ2v) is 4.97. The fourth-order valence-corrected chi connectivity index (χ4v) is 2.25. The standard InChI is InChI=1S/C12H23N3O3/c13-10(16)9-18-7-6-15-11(17)8-12(14)4-2-1-3-5-12/h1-9,14H2,(H2,13,16)(H,15,17). The zero-order chi connectivity index (χ0) is 13.4. The van der Waals surface area contributed by atoms with Crippen LogP contribution in [0.15, 0.2) is 0 Å². The minimum absolute atomic E-state index is 0.0536. The third-order valence-corrected chi connectivity index (χ3v) is 3.17. The molecule has 0 aromatic rings. The van der Waals surface area contributed by atoms with Crippen LogP contribution in [-0.4, -0.2) is 37.1 Å². The van der Waals surface area contributed by atoms with Gasteiger partial charge in [-0.25, -0.2) is 0 Å². The van der Waals surface area contributed by atoms with Crippen LogP contribution in [0, 0.1) is 0 Å². The number of carbonyl (C=O) groups excluding carboxylic acids is 2. The zero-order valence-electron chi connectivity index (χ0n) is 10.7. The summed E-state index contributed by atoms with van der Waals surface area (Å²) in [7, 11) is 0. The first kappa shape index (κ1) is 14.9. The third-order valence-electron chi connectivity index (χ3n) is 3.17. The lowest BCUT2D eigenvalue weighted by atomic mass is 9.80. The van der Waals surface area contributed by atoms with E-state index < -0.39 is 5.91 Å². The van der Waals surface area contributed by atoms with Crippen LogP contribution in [0.2, 0.25) is 0 Å². The maximum absolute atomic E-state index is 11.7. The maximum Gasteiger partial charge on any atom is 0.243 e. The first-order chi connectivity index (χ1) is 8.52. The average Bonchev–Trinajstić information content (AvgIpc) is 2.28. The number of carbonyl (C=O) groups is 2. The van der Waals surface area contributed by atoms with Gasteiger partial charge in [0.25, 0.3) is 0 Å². The van der Waals surface area contributed by atoms with E-state index in [1.807, 2.05) is 0 Å². The molecule has 0 bridgehead atoms. The molecule has 0 spiro atoms. The Morgan fingerprint density at radius 3 is 2.50 bits per heavy atom. The highest BCUT2D eigenvalue weighted by Crippen LogP contribution is 2.28. The van der Waals surface area contributed by atoms with Crippen LogP contribution in [0.4, 0.5) is 0 Å². The van der Waals surface area contributed by atoms with Crippen molar-refractivity contribution in [1.29, 1.82) is 0 Å². The molecule has 6 nitrogen and oxygen atoms in total. The summed E-state index contributed by atoms with van der Waals surface area (Å²) in [4.78, 5) is 22.1. The lowest BCUT2D eigenvalue weighted by Crippen LogP contribution is -2.46. The molecule has 0 aromatic heterocycles. The monoisotopic (exact) mass is 257 g/mol. The number of primary amides is 1. The lowest BCUT2D eigenvalue weighted by molar-refractivity contribution is -0.123. The van der Waals surface area contributed by atoms with Crippen molar-refractivity contribution in [2.24, 2.45) is 11.5 Å². The quantitative estimate of drug-likeness (QED) is 0.542. The van der Waals surface area contributed by atoms with Gasteiger partial charge in [0.1, 0.15) is 6.61 Å². The van der Waals surface area contributed by atoms with Crippen molar-refractivity contribution in [3.8, 4) is 0 Å². The summed E-state index contributed by atoms with van der Waals surface area (Å²) in [5, 5.41) is 2.73. The Morgan fingerprint density at radius 1 is 1.22 bits per heavy atom. The molecule has 0 radical (unpaired) electrons. The minimum Gasteiger partial charge on any atom is -0.370 e. The topological polar surface area (TPSA) is 107 Å². The van der Waals surface area contributed by atoms with Crippen LogP contribution in [0.5, 0.6) is 0 Å². The molecule has 1 aliphatic carbocycles. The summed E-state index contributed by atoms with van der Waals surface area (Å²) in [6.07, 6.45) is 5.61. The fourth-order valence-electron chi connectivity index (χ4n) is 2.25. The first-order valence-electron chi connectivity index (χ1n) is 6.43. The predicted octanol–water partition coefficient (Wildman–Crippen LogP) is -0.344. The van der Waals surface area contributed by atoms with E-state index in [1.165, 1.54) is 6.42 Å². The van der Waals surface area contributed by atoms with E-state index in [-0.39, 0.29) is 24.7 Å². The van der Waals surface area contributed by atoms with Crippen molar-refractivity contribution < 1.29 is 14.3 Å². The molecule has 1 rings (SSSR count). The van der Waals surface area contributed by atoms with Crippen molar-refractivity contribution in [1.82, 2.24) is 5.32 Å². The molecule has 6 heteroatoms. The molecule has 1 fully saturated rings. The van der Waals surface area contributed by atoms with Gasteiger partial charge in [0.15, 0.2) is 0 Å². The van der Waals surface area contributed by atoms with Gasteiger partial charge in [0, 0.05) is 18.5 Å². The van der Waals surface area contributed by atoms with Crippen molar-refractivity contribution in [3.63, 3.8) is 0 Å². The first-order valence-corrected chi connectivity index (χ1v) is 6.43. The Hall–Kier alpha value is -1.14. The van der Waals surface area contributed by atoms with Crippen molar-refractivity contribution in [3.05, 3.63) is 0 Å². The Labute approximate surface area is 107 Å². The number of hydrogen-bond acceptors (Lipinski definition) is 4. The summed E-state index contributed by atoms with van der Waals surface area (Å²) < 4.78 is 4.94. The number of ether oxygens (including phenoxy) is 1. The van der Waals surface area contributed by atoms with E-state index in [0.29, 0.717) is 13.0 Å². The summed E-state index contributed by atoms with van der Waals surface area (Å²) in [6, 6.07) is 0.